The first kappa shape index (κ1) is 18.2. The molecule has 6 heteroatoms. The average molecular weight is 391 g/mol. The Morgan fingerprint density at radius 1 is 1.10 bits per heavy atom. The van der Waals surface area contributed by atoms with Crippen molar-refractivity contribution in [1.29, 1.82) is 0 Å². The molecule has 0 unspecified atom stereocenters. The summed E-state index contributed by atoms with van der Waals surface area (Å²) in [6.07, 6.45) is 6.08. The Kier molecular flexibility index (Phi) is 4.94. The van der Waals surface area contributed by atoms with Crippen LogP contribution in [0, 0.1) is 5.92 Å². The SMILES string of the molecule is O=C(c1cn(CC2CC(Oc3ccccc3)C2)c2cccnc12)N1CCOCC1. The highest BCUT2D eigenvalue weighted by Gasteiger charge is 2.32. The number of aromatic nitrogens is 2. The fourth-order valence-electron chi connectivity index (χ4n) is 4.26. The molecule has 1 aliphatic carbocycles. The number of benzene rings is 1. The molecular weight excluding hydrogens is 366 g/mol. The maximum absolute atomic E-state index is 13.0. The quantitative estimate of drug-likeness (QED) is 0.669. The van der Waals surface area contributed by atoms with Crippen molar-refractivity contribution in [2.75, 3.05) is 26.3 Å². The summed E-state index contributed by atoms with van der Waals surface area (Å²) in [4.78, 5) is 19.4. The molecule has 2 fully saturated rings. The summed E-state index contributed by atoms with van der Waals surface area (Å²) in [6.45, 7) is 3.36. The van der Waals surface area contributed by atoms with Crippen LogP contribution in [0.3, 0.4) is 0 Å². The van der Waals surface area contributed by atoms with Gasteiger partial charge in [-0.3, -0.25) is 9.78 Å². The van der Waals surface area contributed by atoms with E-state index in [1.165, 1.54) is 0 Å². The number of para-hydroxylation sites is 1. The summed E-state index contributed by atoms with van der Waals surface area (Å²) in [5.41, 5.74) is 2.51. The lowest BCUT2D eigenvalue weighted by molar-refractivity contribution is 0.0303. The van der Waals surface area contributed by atoms with Crippen molar-refractivity contribution in [3.8, 4) is 5.75 Å². The molecule has 3 aromatic rings. The normalized spacial score (nSPS) is 21.7. The van der Waals surface area contributed by atoms with Crippen LogP contribution in [-0.2, 0) is 11.3 Å². The number of amides is 1. The van der Waals surface area contributed by atoms with Gasteiger partial charge in [0.2, 0.25) is 0 Å². The van der Waals surface area contributed by atoms with Crippen molar-refractivity contribution in [2.45, 2.75) is 25.5 Å². The van der Waals surface area contributed by atoms with Gasteiger partial charge in [0, 0.05) is 32.0 Å². The summed E-state index contributed by atoms with van der Waals surface area (Å²) in [7, 11) is 0. The third-order valence-electron chi connectivity index (χ3n) is 5.86. The van der Waals surface area contributed by atoms with Crippen molar-refractivity contribution in [3.05, 3.63) is 60.4 Å². The first-order valence-electron chi connectivity index (χ1n) is 10.3. The van der Waals surface area contributed by atoms with Crippen LogP contribution in [0.4, 0.5) is 0 Å². The zero-order valence-electron chi connectivity index (χ0n) is 16.4. The van der Waals surface area contributed by atoms with Gasteiger partial charge < -0.3 is 18.9 Å². The molecule has 2 aromatic heterocycles. The van der Waals surface area contributed by atoms with E-state index < -0.39 is 0 Å². The standard InChI is InChI=1S/C23H25N3O3/c27-23(25-9-11-28-12-10-25)20-16-26(21-7-4-8-24-22(20)21)15-17-13-19(14-17)29-18-5-2-1-3-6-18/h1-8,16-17,19H,9-15H2. The first-order chi connectivity index (χ1) is 14.3. The van der Waals surface area contributed by atoms with Gasteiger partial charge >= 0.3 is 0 Å². The summed E-state index contributed by atoms with van der Waals surface area (Å²) < 4.78 is 13.6. The van der Waals surface area contributed by atoms with Gasteiger partial charge in [-0.05, 0) is 43.0 Å². The monoisotopic (exact) mass is 391 g/mol. The fourth-order valence-corrected chi connectivity index (χ4v) is 4.26. The number of ether oxygens (including phenoxy) is 2. The molecule has 0 radical (unpaired) electrons. The maximum atomic E-state index is 13.0. The molecule has 1 saturated heterocycles. The van der Waals surface area contributed by atoms with Gasteiger partial charge in [0.15, 0.2) is 0 Å². The smallest absolute Gasteiger partial charge is 0.257 e. The number of morpholine rings is 1. The van der Waals surface area contributed by atoms with Crippen LogP contribution in [0.2, 0.25) is 0 Å². The van der Waals surface area contributed by atoms with E-state index in [1.807, 2.05) is 47.5 Å². The Morgan fingerprint density at radius 3 is 2.69 bits per heavy atom. The van der Waals surface area contributed by atoms with Crippen LogP contribution in [0.5, 0.6) is 5.75 Å². The second kappa shape index (κ2) is 7.87. The number of pyridine rings is 1. The number of nitrogens with zero attached hydrogens (tertiary/aromatic N) is 3. The summed E-state index contributed by atoms with van der Waals surface area (Å²) in [5.74, 6) is 1.53. The Labute approximate surface area is 170 Å². The fraction of sp³-hybridized carbons (Fsp3) is 0.391. The maximum Gasteiger partial charge on any atom is 0.257 e. The van der Waals surface area contributed by atoms with Gasteiger partial charge in [-0.25, -0.2) is 0 Å². The highest BCUT2D eigenvalue weighted by molar-refractivity contribution is 6.05. The summed E-state index contributed by atoms with van der Waals surface area (Å²) in [6, 6.07) is 14.0. The Balaban J connectivity index is 1.29. The topological polar surface area (TPSA) is 56.6 Å². The zero-order valence-corrected chi connectivity index (χ0v) is 16.4. The van der Waals surface area contributed by atoms with Gasteiger partial charge in [-0.2, -0.15) is 0 Å². The van der Waals surface area contributed by atoms with Gasteiger partial charge in [0.05, 0.1) is 30.4 Å². The van der Waals surface area contributed by atoms with Crippen LogP contribution in [0.15, 0.2) is 54.9 Å². The summed E-state index contributed by atoms with van der Waals surface area (Å²) >= 11 is 0. The molecule has 2 aliphatic rings. The number of hydrogen-bond acceptors (Lipinski definition) is 4. The lowest BCUT2D eigenvalue weighted by atomic mass is 9.82. The van der Waals surface area contributed by atoms with Crippen molar-refractivity contribution in [1.82, 2.24) is 14.5 Å². The highest BCUT2D eigenvalue weighted by Crippen LogP contribution is 2.34. The minimum Gasteiger partial charge on any atom is -0.490 e. The lowest BCUT2D eigenvalue weighted by Gasteiger charge is -2.35. The minimum atomic E-state index is 0.0506. The van der Waals surface area contributed by atoms with Crippen LogP contribution in [0.1, 0.15) is 23.2 Å². The molecule has 0 spiro atoms. The molecule has 5 rings (SSSR count). The van der Waals surface area contributed by atoms with Crippen LogP contribution in [-0.4, -0.2) is 52.8 Å². The Hall–Kier alpha value is -2.86. The molecule has 3 heterocycles. The van der Waals surface area contributed by atoms with Crippen molar-refractivity contribution >= 4 is 16.9 Å². The van der Waals surface area contributed by atoms with E-state index in [4.69, 9.17) is 9.47 Å². The lowest BCUT2D eigenvalue weighted by Crippen LogP contribution is -2.40. The molecule has 1 amide bonds. The van der Waals surface area contributed by atoms with Gasteiger partial charge in [-0.1, -0.05) is 18.2 Å². The number of rotatable bonds is 5. The molecule has 6 nitrogen and oxygen atoms in total. The van der Waals surface area contributed by atoms with E-state index in [-0.39, 0.29) is 12.0 Å². The molecule has 1 aliphatic heterocycles. The van der Waals surface area contributed by atoms with Crippen molar-refractivity contribution in [3.63, 3.8) is 0 Å². The molecule has 0 N–H and O–H groups in total. The largest absolute Gasteiger partial charge is 0.490 e. The van der Waals surface area contributed by atoms with Gasteiger partial charge in [0.1, 0.15) is 11.3 Å². The van der Waals surface area contributed by atoms with Crippen LogP contribution >= 0.6 is 0 Å². The average Bonchev–Trinajstić information content (AvgIpc) is 3.12. The predicted molar refractivity (Wildman–Crippen MR) is 110 cm³/mol. The van der Waals surface area contributed by atoms with E-state index in [1.54, 1.807) is 6.20 Å². The number of hydrogen-bond donors (Lipinski definition) is 0. The first-order valence-corrected chi connectivity index (χ1v) is 10.3. The van der Waals surface area contributed by atoms with E-state index in [0.717, 1.165) is 36.2 Å². The van der Waals surface area contributed by atoms with Gasteiger partial charge in [0.25, 0.3) is 5.91 Å². The van der Waals surface area contributed by atoms with Crippen molar-refractivity contribution < 1.29 is 14.3 Å². The minimum absolute atomic E-state index is 0.0506. The molecule has 1 aromatic carbocycles. The van der Waals surface area contributed by atoms with Crippen LogP contribution < -0.4 is 4.74 Å². The number of carbonyl (C=O) groups is 1. The zero-order chi connectivity index (χ0) is 19.6. The predicted octanol–water partition coefficient (Wildman–Crippen LogP) is 3.37. The molecule has 0 bridgehead atoms. The Morgan fingerprint density at radius 2 is 1.90 bits per heavy atom. The van der Waals surface area contributed by atoms with Gasteiger partial charge in [-0.15, -0.1) is 0 Å². The van der Waals surface area contributed by atoms with E-state index >= 15 is 0 Å². The second-order valence-electron chi connectivity index (χ2n) is 7.86. The highest BCUT2D eigenvalue weighted by atomic mass is 16.5. The van der Waals surface area contributed by atoms with E-state index in [9.17, 15) is 4.79 Å². The third-order valence-corrected chi connectivity index (χ3v) is 5.86. The molecule has 150 valence electrons. The number of fused-ring (bicyclic) bond motifs is 1. The van der Waals surface area contributed by atoms with Crippen LogP contribution in [0.25, 0.3) is 11.0 Å². The van der Waals surface area contributed by atoms with E-state index in [2.05, 4.69) is 15.6 Å². The van der Waals surface area contributed by atoms with E-state index in [0.29, 0.717) is 37.8 Å². The molecule has 29 heavy (non-hydrogen) atoms. The number of carbonyl (C=O) groups excluding carboxylic acids is 1. The third kappa shape index (κ3) is 3.72. The molecular formula is C23H25N3O3. The van der Waals surface area contributed by atoms with Crippen molar-refractivity contribution in [2.24, 2.45) is 5.92 Å². The Bertz CT molecular complexity index is 989. The second-order valence-corrected chi connectivity index (χ2v) is 7.86. The molecule has 1 saturated carbocycles. The summed E-state index contributed by atoms with van der Waals surface area (Å²) in [5, 5.41) is 0. The molecule has 0 atom stereocenters.